The fraction of sp³-hybridized carbons (Fsp3) is 0.333. The molecule has 9 nitrogen and oxygen atoms in total. The van der Waals surface area contributed by atoms with Gasteiger partial charge in [-0.05, 0) is 37.6 Å². The van der Waals surface area contributed by atoms with Gasteiger partial charge in [-0.3, -0.25) is 15.8 Å². The molecule has 180 valence electrons. The summed E-state index contributed by atoms with van der Waals surface area (Å²) >= 11 is 12.4. The highest BCUT2D eigenvalue weighted by molar-refractivity contribution is 6.35. The molecule has 2 aliphatic heterocycles. The molecule has 0 radical (unpaired) electrons. The Morgan fingerprint density at radius 1 is 1.09 bits per heavy atom. The lowest BCUT2D eigenvalue weighted by Gasteiger charge is -2.52. The van der Waals surface area contributed by atoms with Gasteiger partial charge in [0.05, 0.1) is 15.6 Å². The first-order valence-corrected chi connectivity index (χ1v) is 12.2. The second-order valence-corrected chi connectivity index (χ2v) is 10.1. The van der Waals surface area contributed by atoms with Gasteiger partial charge >= 0.3 is 0 Å². The zero-order chi connectivity index (χ0) is 24.0. The van der Waals surface area contributed by atoms with Gasteiger partial charge in [-0.1, -0.05) is 23.2 Å². The van der Waals surface area contributed by atoms with Crippen molar-refractivity contribution in [2.24, 2.45) is 11.1 Å². The van der Waals surface area contributed by atoms with Crippen LogP contribution < -0.4 is 20.7 Å². The summed E-state index contributed by atoms with van der Waals surface area (Å²) in [5, 5.41) is 12.6. The predicted octanol–water partition coefficient (Wildman–Crippen LogP) is 3.95. The average Bonchev–Trinajstić information content (AvgIpc) is 3.26. The van der Waals surface area contributed by atoms with Crippen LogP contribution in [0.5, 0.6) is 5.75 Å². The van der Waals surface area contributed by atoms with E-state index >= 15 is 0 Å². The number of rotatable bonds is 5. The average molecular weight is 511 g/mol. The minimum atomic E-state index is -0.854. The number of pyridine rings is 1. The Morgan fingerprint density at radius 3 is 2.57 bits per heavy atom. The molecule has 6 rings (SSSR count). The van der Waals surface area contributed by atoms with Crippen molar-refractivity contribution in [1.29, 1.82) is 0 Å². The topological polar surface area (TPSA) is 118 Å². The first-order valence-electron chi connectivity index (χ1n) is 11.5. The number of hydrogen-bond acceptors (Lipinski definition) is 8. The van der Waals surface area contributed by atoms with E-state index in [4.69, 9.17) is 33.7 Å². The fourth-order valence-corrected chi connectivity index (χ4v) is 5.58. The molecule has 2 saturated heterocycles. The van der Waals surface area contributed by atoms with Crippen LogP contribution in [0.25, 0.3) is 22.2 Å². The minimum Gasteiger partial charge on any atom is -0.471 e. The molecule has 5 heterocycles. The number of benzene rings is 1. The number of nitrogens with zero attached hydrogens (tertiary/aromatic N) is 5. The minimum absolute atomic E-state index is 0.347. The van der Waals surface area contributed by atoms with Crippen LogP contribution in [0, 0.1) is 5.41 Å². The van der Waals surface area contributed by atoms with Crippen LogP contribution in [0.2, 0.25) is 10.0 Å². The Kier molecular flexibility index (Phi) is 5.72. The molecule has 2 fully saturated rings. The molecule has 1 atom stereocenters. The number of aromatic nitrogens is 5. The molecule has 0 amide bonds. The fourth-order valence-electron chi connectivity index (χ4n) is 5.00. The lowest BCUT2D eigenvalue weighted by molar-refractivity contribution is 0.155. The molecule has 11 heteroatoms. The van der Waals surface area contributed by atoms with Gasteiger partial charge in [-0.2, -0.15) is 5.10 Å². The highest BCUT2D eigenvalue weighted by atomic mass is 35.5. The van der Waals surface area contributed by atoms with Crippen LogP contribution in [-0.4, -0.2) is 51.3 Å². The Morgan fingerprint density at radius 2 is 1.86 bits per heavy atom. The van der Waals surface area contributed by atoms with E-state index in [9.17, 15) is 0 Å². The number of aromatic amines is 1. The van der Waals surface area contributed by atoms with Gasteiger partial charge in [0.15, 0.2) is 6.23 Å². The molecule has 1 aromatic carbocycles. The predicted molar refractivity (Wildman–Crippen MR) is 136 cm³/mol. The summed E-state index contributed by atoms with van der Waals surface area (Å²) in [4.78, 5) is 15.4. The quantitative estimate of drug-likeness (QED) is 0.345. The molecule has 4 N–H and O–H groups in total. The van der Waals surface area contributed by atoms with Crippen LogP contribution in [0.4, 0.5) is 5.95 Å². The van der Waals surface area contributed by atoms with E-state index < -0.39 is 6.23 Å². The Balaban J connectivity index is 1.21. The Labute approximate surface area is 212 Å². The van der Waals surface area contributed by atoms with Gasteiger partial charge in [-0.25, -0.2) is 9.97 Å². The van der Waals surface area contributed by atoms with Gasteiger partial charge in [0.1, 0.15) is 11.4 Å². The third kappa shape index (κ3) is 4.18. The normalized spacial score (nSPS) is 18.0. The van der Waals surface area contributed by atoms with Crippen LogP contribution in [0.15, 0.2) is 43.0 Å². The number of ether oxygens (including phenoxy) is 1. The summed E-state index contributed by atoms with van der Waals surface area (Å²) < 4.78 is 5.95. The van der Waals surface area contributed by atoms with Crippen molar-refractivity contribution >= 4 is 40.1 Å². The molecule has 0 saturated carbocycles. The van der Waals surface area contributed by atoms with Crippen molar-refractivity contribution in [2.45, 2.75) is 19.1 Å². The van der Waals surface area contributed by atoms with E-state index in [1.165, 1.54) is 25.2 Å². The maximum Gasteiger partial charge on any atom is 0.225 e. The maximum atomic E-state index is 6.24. The number of piperidine rings is 1. The number of nitrogens with two attached hydrogens (primary N) is 1. The number of nitrogens with one attached hydrogen (secondary N) is 2. The van der Waals surface area contributed by atoms with Gasteiger partial charge in [0.2, 0.25) is 5.95 Å². The smallest absolute Gasteiger partial charge is 0.225 e. The summed E-state index contributed by atoms with van der Waals surface area (Å²) in [6.45, 7) is 4.19. The monoisotopic (exact) mass is 510 g/mol. The number of H-pyrrole nitrogens is 1. The van der Waals surface area contributed by atoms with Gasteiger partial charge in [0.25, 0.3) is 0 Å². The lowest BCUT2D eigenvalue weighted by Crippen LogP contribution is -2.62. The summed E-state index contributed by atoms with van der Waals surface area (Å²) in [7, 11) is 0. The van der Waals surface area contributed by atoms with Crippen LogP contribution in [0.1, 0.15) is 24.6 Å². The lowest BCUT2D eigenvalue weighted by atomic mass is 9.74. The summed E-state index contributed by atoms with van der Waals surface area (Å²) in [6, 6.07) is 5.57. The maximum absolute atomic E-state index is 6.24. The number of fused-ring (bicyclic) bond motifs is 1. The number of hydrogen-bond donors (Lipinski definition) is 3. The van der Waals surface area contributed by atoms with Crippen molar-refractivity contribution in [3.8, 4) is 17.0 Å². The Bertz CT molecular complexity index is 1340. The van der Waals surface area contributed by atoms with Gasteiger partial charge in [0, 0.05) is 66.3 Å². The van der Waals surface area contributed by atoms with Crippen LogP contribution in [0.3, 0.4) is 0 Å². The Hall–Kier alpha value is -2.98. The molecule has 3 aromatic heterocycles. The number of halogens is 2. The SMILES string of the molecule is N[C@@H](Oc1ccc2[nH]nc(-c3cnc(N4CC5(CCCNC5)C4)nc3)c2c1)c1c(Cl)cncc1Cl. The van der Waals surface area contributed by atoms with Crippen molar-refractivity contribution in [1.82, 2.24) is 30.5 Å². The molecular weight excluding hydrogens is 487 g/mol. The molecule has 4 aromatic rings. The molecule has 1 spiro atoms. The highest BCUT2D eigenvalue weighted by Crippen LogP contribution is 2.38. The van der Waals surface area contributed by atoms with Crippen LogP contribution in [-0.2, 0) is 0 Å². The summed E-state index contributed by atoms with van der Waals surface area (Å²) in [5.74, 6) is 1.31. The van der Waals surface area contributed by atoms with Crippen molar-refractivity contribution in [3.63, 3.8) is 0 Å². The van der Waals surface area contributed by atoms with E-state index in [0.717, 1.165) is 54.3 Å². The highest BCUT2D eigenvalue weighted by Gasteiger charge is 2.44. The zero-order valence-corrected chi connectivity index (χ0v) is 20.4. The van der Waals surface area contributed by atoms with Crippen molar-refractivity contribution in [3.05, 3.63) is 58.6 Å². The van der Waals surface area contributed by atoms with Crippen LogP contribution >= 0.6 is 23.2 Å². The van der Waals surface area contributed by atoms with Gasteiger partial charge < -0.3 is 15.0 Å². The summed E-state index contributed by atoms with van der Waals surface area (Å²) in [5.41, 5.74) is 9.51. The third-order valence-corrected chi connectivity index (χ3v) is 7.38. The van der Waals surface area contributed by atoms with E-state index in [0.29, 0.717) is 26.8 Å². The molecule has 0 bridgehead atoms. The first-order chi connectivity index (χ1) is 17.0. The van der Waals surface area contributed by atoms with Crippen molar-refractivity contribution in [2.75, 3.05) is 31.1 Å². The molecular formula is C24H24Cl2N8O. The second-order valence-electron chi connectivity index (χ2n) is 9.24. The number of anilines is 1. The first kappa shape index (κ1) is 22.5. The molecule has 35 heavy (non-hydrogen) atoms. The second kappa shape index (κ2) is 8.91. The largest absolute Gasteiger partial charge is 0.471 e. The van der Waals surface area contributed by atoms with E-state index in [2.05, 4.69) is 35.4 Å². The third-order valence-electron chi connectivity index (χ3n) is 6.78. The molecule has 0 aliphatic carbocycles. The van der Waals surface area contributed by atoms with E-state index in [1.807, 2.05) is 30.6 Å². The zero-order valence-electron chi connectivity index (χ0n) is 18.8. The van der Waals surface area contributed by atoms with E-state index in [1.54, 1.807) is 0 Å². The molecule has 0 unspecified atom stereocenters. The standard InChI is InChI=1S/C24H24Cl2N8O/c25-17-9-29-10-18(26)20(17)22(27)35-15-2-3-19-16(6-15)21(33-32-19)14-7-30-23(31-8-14)34-12-24(13-34)4-1-5-28-11-24/h2-3,6-10,22,28H,1,4-5,11-13,27H2,(H,32,33)/t22-/m0/s1. The molecule has 2 aliphatic rings. The van der Waals surface area contributed by atoms with Gasteiger partial charge in [-0.15, -0.1) is 0 Å². The summed E-state index contributed by atoms with van der Waals surface area (Å²) in [6.07, 6.45) is 8.25. The van der Waals surface area contributed by atoms with Crippen molar-refractivity contribution < 1.29 is 4.74 Å². The van der Waals surface area contributed by atoms with E-state index in [-0.39, 0.29) is 0 Å².